The predicted octanol–water partition coefficient (Wildman–Crippen LogP) is 7.01. The summed E-state index contributed by atoms with van der Waals surface area (Å²) in [6.07, 6.45) is 0. The second-order valence-corrected chi connectivity index (χ2v) is 10.3. The Balaban J connectivity index is 1.81. The molecular weight excluding hydrogens is 426 g/mol. The smallest absolute Gasteiger partial charge is 0.261 e. The van der Waals surface area contributed by atoms with Crippen molar-refractivity contribution in [3.63, 3.8) is 0 Å². The van der Waals surface area contributed by atoms with Crippen LogP contribution in [-0.4, -0.2) is 8.42 Å². The normalized spacial score (nSPS) is 11.7. The average Bonchev–Trinajstić information content (AvgIpc) is 2.83. The van der Waals surface area contributed by atoms with Crippen LogP contribution in [-0.2, 0) is 16.6 Å². The molecule has 0 aliphatic heterocycles. The maximum atomic E-state index is 14.0. The largest absolute Gasteiger partial charge is 0.264 e. The minimum absolute atomic E-state index is 0.248. The molecule has 0 N–H and O–H groups in total. The molecule has 0 atom stereocenters. The first-order valence-electron chi connectivity index (χ1n) is 11.0. The van der Waals surface area contributed by atoms with E-state index < -0.39 is 10.0 Å². The molecule has 0 aromatic heterocycles. The molecule has 0 radical (unpaired) electrons. The summed E-state index contributed by atoms with van der Waals surface area (Å²) in [7, 11) is -3.81. The van der Waals surface area contributed by atoms with Crippen molar-refractivity contribution in [1.29, 1.82) is 0 Å². The van der Waals surface area contributed by atoms with Gasteiger partial charge in [-0.15, -0.1) is 0 Å². The van der Waals surface area contributed by atoms with Crippen molar-refractivity contribution in [2.24, 2.45) is 0 Å². The van der Waals surface area contributed by atoms with Gasteiger partial charge >= 0.3 is 0 Å². The zero-order valence-electron chi connectivity index (χ0n) is 18.7. The van der Waals surface area contributed by atoms with Crippen LogP contribution < -0.4 is 4.31 Å². The standard InChI is InChI=1S/C29H25NO2S/c1-21-12-15-25(16-13-21)33(31,32)30(20-23-8-4-3-5-9-23)29-19-24-10-6-7-11-26(24)27-17-14-22(2)18-28(27)29/h3-19H,20H2,1-2H3. The number of benzene rings is 5. The van der Waals surface area contributed by atoms with Crippen LogP contribution in [0.1, 0.15) is 16.7 Å². The molecule has 0 bridgehead atoms. The maximum absolute atomic E-state index is 14.0. The van der Waals surface area contributed by atoms with E-state index in [2.05, 4.69) is 24.3 Å². The van der Waals surface area contributed by atoms with Crippen LogP contribution in [0.3, 0.4) is 0 Å². The van der Waals surface area contributed by atoms with E-state index in [1.54, 1.807) is 16.4 Å². The average molecular weight is 452 g/mol. The van der Waals surface area contributed by atoms with Crippen molar-refractivity contribution >= 4 is 37.3 Å². The summed E-state index contributed by atoms with van der Waals surface area (Å²) in [6.45, 7) is 4.24. The lowest BCUT2D eigenvalue weighted by atomic mass is 9.98. The highest BCUT2D eigenvalue weighted by Gasteiger charge is 2.27. The molecule has 0 saturated heterocycles. The van der Waals surface area contributed by atoms with E-state index in [4.69, 9.17) is 0 Å². The maximum Gasteiger partial charge on any atom is 0.264 e. The van der Waals surface area contributed by atoms with Gasteiger partial charge in [0.15, 0.2) is 0 Å². The Kier molecular flexibility index (Phi) is 5.39. The van der Waals surface area contributed by atoms with Crippen LogP contribution in [0, 0.1) is 13.8 Å². The molecule has 5 rings (SSSR count). The molecule has 3 nitrogen and oxygen atoms in total. The van der Waals surface area contributed by atoms with Crippen molar-refractivity contribution < 1.29 is 8.42 Å². The summed E-state index contributed by atoms with van der Waals surface area (Å²) in [5, 5.41) is 4.11. The first kappa shape index (κ1) is 21.2. The minimum atomic E-state index is -3.81. The molecule has 5 aromatic rings. The fourth-order valence-electron chi connectivity index (χ4n) is 4.29. The fraction of sp³-hybridized carbons (Fsp3) is 0.103. The van der Waals surface area contributed by atoms with E-state index in [0.29, 0.717) is 5.69 Å². The second-order valence-electron chi connectivity index (χ2n) is 8.48. The molecule has 5 aromatic carbocycles. The highest BCUT2D eigenvalue weighted by molar-refractivity contribution is 7.92. The van der Waals surface area contributed by atoms with Gasteiger partial charge in [0.1, 0.15) is 0 Å². The van der Waals surface area contributed by atoms with E-state index in [-0.39, 0.29) is 11.4 Å². The third kappa shape index (κ3) is 3.98. The summed E-state index contributed by atoms with van der Waals surface area (Å²) < 4.78 is 29.6. The first-order chi connectivity index (χ1) is 15.9. The van der Waals surface area contributed by atoms with Crippen molar-refractivity contribution in [2.75, 3.05) is 4.31 Å². The van der Waals surface area contributed by atoms with Gasteiger partial charge in [-0.05, 0) is 59.8 Å². The molecule has 4 heteroatoms. The molecule has 0 unspecified atom stereocenters. The van der Waals surface area contributed by atoms with Gasteiger partial charge in [0.2, 0.25) is 0 Å². The number of rotatable bonds is 5. The van der Waals surface area contributed by atoms with Gasteiger partial charge in [0, 0.05) is 5.39 Å². The Labute approximate surface area is 195 Å². The highest BCUT2D eigenvalue weighted by Crippen LogP contribution is 2.38. The Hall–Kier alpha value is -3.63. The van der Waals surface area contributed by atoms with Gasteiger partial charge in [0.25, 0.3) is 10.0 Å². The summed E-state index contributed by atoms with van der Waals surface area (Å²) in [6, 6.07) is 33.2. The quantitative estimate of drug-likeness (QED) is 0.270. The summed E-state index contributed by atoms with van der Waals surface area (Å²) in [4.78, 5) is 0.290. The molecular formula is C29H25NO2S. The molecule has 0 aliphatic carbocycles. The van der Waals surface area contributed by atoms with Gasteiger partial charge in [-0.25, -0.2) is 8.42 Å². The zero-order valence-corrected chi connectivity index (χ0v) is 19.5. The van der Waals surface area contributed by atoms with E-state index in [9.17, 15) is 8.42 Å². The van der Waals surface area contributed by atoms with Crippen LogP contribution >= 0.6 is 0 Å². The number of hydrogen-bond donors (Lipinski definition) is 0. The van der Waals surface area contributed by atoms with Gasteiger partial charge in [-0.1, -0.05) is 90.0 Å². The zero-order chi connectivity index (χ0) is 23.0. The molecule has 0 heterocycles. The molecule has 0 saturated carbocycles. The van der Waals surface area contributed by atoms with Crippen molar-refractivity contribution in [2.45, 2.75) is 25.3 Å². The molecule has 0 amide bonds. The number of anilines is 1. The number of hydrogen-bond acceptors (Lipinski definition) is 2. The van der Waals surface area contributed by atoms with Crippen LogP contribution in [0.15, 0.2) is 108 Å². The van der Waals surface area contributed by atoms with E-state index in [1.165, 1.54) is 0 Å². The lowest BCUT2D eigenvalue weighted by molar-refractivity contribution is 0.590. The first-order valence-corrected chi connectivity index (χ1v) is 12.4. The third-order valence-electron chi connectivity index (χ3n) is 6.04. The van der Waals surface area contributed by atoms with Crippen molar-refractivity contribution in [3.05, 3.63) is 120 Å². The second kappa shape index (κ2) is 8.38. The van der Waals surface area contributed by atoms with E-state index >= 15 is 0 Å². The van der Waals surface area contributed by atoms with Crippen molar-refractivity contribution in [1.82, 2.24) is 0 Å². The van der Waals surface area contributed by atoms with E-state index in [0.717, 1.165) is 38.2 Å². The molecule has 33 heavy (non-hydrogen) atoms. The Morgan fingerprint density at radius 2 is 1.30 bits per heavy atom. The number of nitrogens with zero attached hydrogens (tertiary/aromatic N) is 1. The van der Waals surface area contributed by atoms with E-state index in [1.807, 2.05) is 80.6 Å². The topological polar surface area (TPSA) is 37.4 Å². The lowest BCUT2D eigenvalue weighted by Gasteiger charge is -2.27. The van der Waals surface area contributed by atoms with Crippen LogP contribution in [0.4, 0.5) is 5.69 Å². The minimum Gasteiger partial charge on any atom is -0.261 e. The van der Waals surface area contributed by atoms with Gasteiger partial charge in [0.05, 0.1) is 17.1 Å². The summed E-state index contributed by atoms with van der Waals surface area (Å²) in [5.74, 6) is 0. The third-order valence-corrected chi connectivity index (χ3v) is 7.81. The van der Waals surface area contributed by atoms with Crippen LogP contribution in [0.5, 0.6) is 0 Å². The van der Waals surface area contributed by atoms with Crippen LogP contribution in [0.2, 0.25) is 0 Å². The predicted molar refractivity (Wildman–Crippen MR) is 137 cm³/mol. The van der Waals surface area contributed by atoms with Gasteiger partial charge in [-0.2, -0.15) is 0 Å². The SMILES string of the molecule is Cc1ccc(S(=O)(=O)N(Cc2ccccc2)c2cc3ccccc3c3ccc(C)cc23)cc1. The molecule has 0 fully saturated rings. The summed E-state index contributed by atoms with van der Waals surface area (Å²) >= 11 is 0. The highest BCUT2D eigenvalue weighted by atomic mass is 32.2. The number of fused-ring (bicyclic) bond motifs is 3. The molecule has 0 spiro atoms. The monoisotopic (exact) mass is 451 g/mol. The van der Waals surface area contributed by atoms with Crippen molar-refractivity contribution in [3.8, 4) is 0 Å². The number of aryl methyl sites for hydroxylation is 2. The fourth-order valence-corrected chi connectivity index (χ4v) is 5.75. The van der Waals surface area contributed by atoms with Gasteiger partial charge in [-0.3, -0.25) is 4.31 Å². The van der Waals surface area contributed by atoms with Gasteiger partial charge < -0.3 is 0 Å². The molecule has 0 aliphatic rings. The number of sulfonamides is 1. The lowest BCUT2D eigenvalue weighted by Crippen LogP contribution is -2.30. The van der Waals surface area contributed by atoms with Crippen LogP contribution in [0.25, 0.3) is 21.5 Å². The Morgan fingerprint density at radius 3 is 2.06 bits per heavy atom. The summed E-state index contributed by atoms with van der Waals surface area (Å²) in [5.41, 5.74) is 3.74. The molecule has 164 valence electrons. The Morgan fingerprint density at radius 1 is 0.636 bits per heavy atom. The Bertz CT molecular complexity index is 1560.